The summed E-state index contributed by atoms with van der Waals surface area (Å²) in [6.07, 6.45) is -3.73. The molecular weight excluding hydrogens is 1160 g/mol. The van der Waals surface area contributed by atoms with E-state index >= 15 is 0 Å². The SMILES string of the molecule is CC(C)C[C@H](NC(=O)CNC(=O)CNC(=O)[C@H](CS)NC(=O)[C@H](C)N)C(=O)N[C@H](C(=O)N[C@@H](Cc1ccc(O)cc1)C(=O)N[C@@H](CO)C(=O)N[C@@H](CO)C(=O)N[C@H](C(=O)N[C@@H](C)C(=O)NCC(=O)N[C@@H](CCCN=C(N)N)C(=O)O)[C@@H](C)O)[C@@H](C)O. The maximum atomic E-state index is 14.0. The number of hydrogen-bond donors (Lipinski definition) is 22. The average molecular weight is 1240 g/mol. The smallest absolute Gasteiger partial charge is 0.326 e. The van der Waals surface area contributed by atoms with E-state index in [1.165, 1.54) is 31.2 Å². The Morgan fingerprint density at radius 1 is 0.523 bits per heavy atom. The molecule has 86 heavy (non-hydrogen) atoms. The van der Waals surface area contributed by atoms with E-state index in [-0.39, 0.29) is 49.2 Å². The van der Waals surface area contributed by atoms with Crippen LogP contribution in [0.25, 0.3) is 0 Å². The van der Waals surface area contributed by atoms with Gasteiger partial charge in [-0.25, -0.2) is 4.79 Å². The average Bonchev–Trinajstić information content (AvgIpc) is 3.65. The number of aliphatic hydroxyl groups is 4. The number of nitrogens with one attached hydrogen (secondary N) is 12. The lowest BCUT2D eigenvalue weighted by atomic mass is 10.0. The van der Waals surface area contributed by atoms with E-state index in [1.807, 2.05) is 0 Å². The molecule has 482 valence electrons. The third kappa shape index (κ3) is 28.4. The van der Waals surface area contributed by atoms with Gasteiger partial charge in [-0.3, -0.25) is 62.5 Å². The number of hydrogen-bond acceptors (Lipinski definition) is 21. The normalized spacial score (nSPS) is 15.1. The van der Waals surface area contributed by atoms with Gasteiger partial charge in [-0.2, -0.15) is 12.6 Å². The van der Waals surface area contributed by atoms with Crippen LogP contribution in [0.4, 0.5) is 0 Å². The maximum Gasteiger partial charge on any atom is 0.326 e. The van der Waals surface area contributed by atoms with E-state index in [0.29, 0.717) is 5.56 Å². The Labute approximate surface area is 499 Å². The number of nitrogens with two attached hydrogens (primary N) is 3. The molecular formula is C50H82N16O19S. The summed E-state index contributed by atoms with van der Waals surface area (Å²) in [4.78, 5) is 172. The number of carboxylic acid groups (broad SMARTS) is 1. The van der Waals surface area contributed by atoms with Gasteiger partial charge < -0.3 is 112 Å². The number of phenols is 1. The van der Waals surface area contributed by atoms with Crippen LogP contribution in [0.5, 0.6) is 5.75 Å². The molecule has 1 aromatic rings. The van der Waals surface area contributed by atoms with E-state index in [2.05, 4.69) is 81.4 Å². The van der Waals surface area contributed by atoms with E-state index in [9.17, 15) is 93.0 Å². The standard InChI is InChI=1S/C50H82N16O19S/c1-22(2)14-30(60-36(73)17-55-35(72)16-57-42(77)34(21-86)64-40(75)23(3)51)44(79)65-39(26(6)70)48(83)61-31(15-27-9-11-28(71)12-10-27)43(78)62-32(19-67)45(80)63-33(20-68)46(81)66-38(25(5)69)47(82)58-24(4)41(76)56-18-37(74)59-29(49(84)85)8-7-13-54-50(52)53/h9-12,22-26,29-34,38-39,67-71,86H,7-8,13-21,51H2,1-6H3,(H,55,72)(H,56,76)(H,57,77)(H,58,82)(H,59,74)(H,60,73)(H,61,83)(H,62,78)(H,63,80)(H,64,75)(H,65,79)(H,66,81)(H,84,85)(H4,52,53,54)/t23-,24-,25+,26+,29-,30-,31-,32-,33-,34-,38-,39-/m0/s1. The maximum absolute atomic E-state index is 14.0. The van der Waals surface area contributed by atoms with Crippen molar-refractivity contribution in [2.75, 3.05) is 45.1 Å². The fourth-order valence-electron chi connectivity index (χ4n) is 7.26. The van der Waals surface area contributed by atoms with Gasteiger partial charge in [0, 0.05) is 18.7 Å². The van der Waals surface area contributed by atoms with Crippen molar-refractivity contribution >= 4 is 95.4 Å². The third-order valence-electron chi connectivity index (χ3n) is 12.0. The minimum atomic E-state index is -1.95. The molecule has 0 unspecified atom stereocenters. The number of aliphatic carboxylic acids is 1. The van der Waals surface area contributed by atoms with Crippen molar-refractivity contribution in [3.63, 3.8) is 0 Å². The fourth-order valence-corrected chi connectivity index (χ4v) is 7.52. The second-order valence-corrected chi connectivity index (χ2v) is 20.4. The van der Waals surface area contributed by atoms with Gasteiger partial charge >= 0.3 is 5.97 Å². The summed E-state index contributed by atoms with van der Waals surface area (Å²) in [7, 11) is 0. The monoisotopic (exact) mass is 1240 g/mol. The minimum absolute atomic E-state index is 0.0449. The highest BCUT2D eigenvalue weighted by molar-refractivity contribution is 7.80. The van der Waals surface area contributed by atoms with Crippen LogP contribution < -0.4 is 81.0 Å². The quantitative estimate of drug-likeness (QED) is 0.0127. The molecule has 12 atom stereocenters. The number of carbonyl (C=O) groups is 13. The van der Waals surface area contributed by atoms with Crippen LogP contribution in [-0.4, -0.2) is 231 Å². The van der Waals surface area contributed by atoms with Crippen LogP contribution in [0.3, 0.4) is 0 Å². The van der Waals surface area contributed by atoms with E-state index in [4.69, 9.17) is 17.2 Å². The molecule has 0 aromatic heterocycles. The molecule has 0 saturated carbocycles. The fraction of sp³-hybridized carbons (Fsp3) is 0.600. The first-order valence-corrected chi connectivity index (χ1v) is 27.4. The van der Waals surface area contributed by atoms with Gasteiger partial charge in [0.1, 0.15) is 60.1 Å². The number of amides is 12. The van der Waals surface area contributed by atoms with Crippen LogP contribution in [0.2, 0.25) is 0 Å². The Kier molecular flexibility index (Phi) is 33.8. The lowest BCUT2D eigenvalue weighted by Gasteiger charge is -2.28. The van der Waals surface area contributed by atoms with E-state index in [1.54, 1.807) is 13.8 Å². The van der Waals surface area contributed by atoms with Crippen molar-refractivity contribution in [3.05, 3.63) is 29.8 Å². The Bertz CT molecular complexity index is 2540. The number of carboxylic acids is 1. The number of aliphatic imine (C=N–C) groups is 1. The van der Waals surface area contributed by atoms with Gasteiger partial charge in [0.2, 0.25) is 70.9 Å². The molecule has 0 aliphatic rings. The molecule has 0 saturated heterocycles. The molecule has 0 spiro atoms. The number of phenolic OH excluding ortho intramolecular Hbond substituents is 1. The Morgan fingerprint density at radius 3 is 1.44 bits per heavy atom. The molecule has 35 nitrogen and oxygen atoms in total. The largest absolute Gasteiger partial charge is 0.508 e. The van der Waals surface area contributed by atoms with Gasteiger partial charge in [-0.1, -0.05) is 26.0 Å². The predicted molar refractivity (Wildman–Crippen MR) is 306 cm³/mol. The summed E-state index contributed by atoms with van der Waals surface area (Å²) >= 11 is 4.01. The summed E-state index contributed by atoms with van der Waals surface area (Å²) in [6, 6.07) is -10.4. The molecule has 0 bridgehead atoms. The highest BCUT2D eigenvalue weighted by atomic mass is 32.1. The molecule has 0 fully saturated rings. The minimum Gasteiger partial charge on any atom is -0.508 e. The second-order valence-electron chi connectivity index (χ2n) is 20.0. The zero-order valence-electron chi connectivity index (χ0n) is 48.2. The van der Waals surface area contributed by atoms with E-state index < -0.39 is 189 Å². The number of rotatable bonds is 38. The summed E-state index contributed by atoms with van der Waals surface area (Å²) in [5.74, 6) is -14.4. The summed E-state index contributed by atoms with van der Waals surface area (Å²) in [5.41, 5.74) is 16.3. The Balaban J connectivity index is 3.16. The van der Waals surface area contributed by atoms with Crippen LogP contribution >= 0.6 is 12.6 Å². The molecule has 0 heterocycles. The van der Waals surface area contributed by atoms with Crippen molar-refractivity contribution in [3.8, 4) is 5.75 Å². The Morgan fingerprint density at radius 2 is 0.965 bits per heavy atom. The molecule has 36 heteroatoms. The molecule has 0 aliphatic heterocycles. The molecule has 0 radical (unpaired) electrons. The number of nitrogens with zero attached hydrogens (tertiary/aromatic N) is 1. The first-order chi connectivity index (χ1) is 40.2. The number of aliphatic hydroxyl groups excluding tert-OH is 4. The van der Waals surface area contributed by atoms with Crippen molar-refractivity contribution in [1.82, 2.24) is 63.8 Å². The van der Waals surface area contributed by atoms with Gasteiger partial charge in [0.25, 0.3) is 0 Å². The number of carbonyl (C=O) groups excluding carboxylic acids is 12. The lowest BCUT2D eigenvalue weighted by Crippen LogP contribution is -2.63. The van der Waals surface area contributed by atoms with Crippen LogP contribution in [0, 0.1) is 5.92 Å². The molecule has 0 aliphatic carbocycles. The number of guanidine groups is 1. The van der Waals surface area contributed by atoms with E-state index in [0.717, 1.165) is 20.8 Å². The summed E-state index contributed by atoms with van der Waals surface area (Å²) in [6.45, 7) is 3.77. The van der Waals surface area contributed by atoms with Crippen LogP contribution in [0.15, 0.2) is 29.3 Å². The highest BCUT2D eigenvalue weighted by Crippen LogP contribution is 2.13. The van der Waals surface area contributed by atoms with Crippen LogP contribution in [0.1, 0.15) is 66.4 Å². The zero-order chi connectivity index (χ0) is 65.5. The van der Waals surface area contributed by atoms with Gasteiger partial charge in [0.05, 0.1) is 51.1 Å². The lowest BCUT2D eigenvalue weighted by molar-refractivity contribution is -0.142. The van der Waals surface area contributed by atoms with Crippen molar-refractivity contribution in [2.45, 2.75) is 140 Å². The van der Waals surface area contributed by atoms with Crippen molar-refractivity contribution in [2.24, 2.45) is 28.1 Å². The Hall–Kier alpha value is -8.45. The summed E-state index contributed by atoms with van der Waals surface area (Å²) in [5, 5.41) is 87.9. The second kappa shape index (κ2) is 38.5. The molecule has 1 rings (SSSR count). The molecule has 1 aromatic carbocycles. The number of benzene rings is 1. The van der Waals surface area contributed by atoms with Crippen molar-refractivity contribution < 1.29 is 93.0 Å². The number of thiol groups is 1. The van der Waals surface area contributed by atoms with Crippen molar-refractivity contribution in [1.29, 1.82) is 0 Å². The van der Waals surface area contributed by atoms with Crippen LogP contribution in [-0.2, 0) is 68.7 Å². The first-order valence-electron chi connectivity index (χ1n) is 26.8. The molecule has 12 amide bonds. The van der Waals surface area contributed by atoms with Gasteiger partial charge in [-0.15, -0.1) is 0 Å². The zero-order valence-corrected chi connectivity index (χ0v) is 49.1. The molecule has 24 N–H and O–H groups in total. The van der Waals surface area contributed by atoms with Gasteiger partial charge in [-0.05, 0) is 70.6 Å². The first kappa shape index (κ1) is 75.6. The topological polar surface area (TPSA) is 578 Å². The van der Waals surface area contributed by atoms with Gasteiger partial charge in [0.15, 0.2) is 5.96 Å². The predicted octanol–water partition coefficient (Wildman–Crippen LogP) is -10.1. The third-order valence-corrected chi connectivity index (χ3v) is 12.3. The highest BCUT2D eigenvalue weighted by Gasteiger charge is 2.36. The number of aromatic hydroxyl groups is 1. The summed E-state index contributed by atoms with van der Waals surface area (Å²) < 4.78 is 0.